The van der Waals surface area contributed by atoms with Gasteiger partial charge in [0.25, 0.3) is 5.69 Å². The van der Waals surface area contributed by atoms with Crippen LogP contribution in [0.3, 0.4) is 0 Å². The third-order valence-electron chi connectivity index (χ3n) is 3.80. The Morgan fingerprint density at radius 2 is 1.95 bits per heavy atom. The lowest BCUT2D eigenvalue weighted by Gasteiger charge is -2.21. The van der Waals surface area contributed by atoms with Gasteiger partial charge in [0.15, 0.2) is 0 Å². The number of thioether (sulfide) groups is 1. The molecule has 0 bridgehead atoms. The van der Waals surface area contributed by atoms with Crippen molar-refractivity contribution in [3.05, 3.63) is 40.7 Å². The van der Waals surface area contributed by atoms with Gasteiger partial charge in [0.05, 0.1) is 10.3 Å². The van der Waals surface area contributed by atoms with E-state index in [0.29, 0.717) is 10.6 Å². The summed E-state index contributed by atoms with van der Waals surface area (Å²) in [5, 5.41) is 13.3. The molecule has 1 heterocycles. The highest BCUT2D eigenvalue weighted by Crippen LogP contribution is 2.39. The lowest BCUT2D eigenvalue weighted by Crippen LogP contribution is -2.07. The first-order valence-corrected chi connectivity index (χ1v) is 7.81. The lowest BCUT2D eigenvalue weighted by molar-refractivity contribution is -0.383. The molecule has 0 atom stereocenters. The van der Waals surface area contributed by atoms with Crippen molar-refractivity contribution in [3.8, 4) is 0 Å². The van der Waals surface area contributed by atoms with Gasteiger partial charge in [0.1, 0.15) is 0 Å². The summed E-state index contributed by atoms with van der Waals surface area (Å²) >= 11 is 1.86. The predicted octanol–water partition coefficient (Wildman–Crippen LogP) is 4.57. The number of hydrogen-bond donors (Lipinski definition) is 0. The Hall–Kier alpha value is -1.62. The zero-order chi connectivity index (χ0) is 13.9. The molecule has 0 aliphatic heterocycles. The summed E-state index contributed by atoms with van der Waals surface area (Å²) in [7, 11) is 0. The van der Waals surface area contributed by atoms with Crippen LogP contribution in [0, 0.1) is 10.1 Å². The summed E-state index contributed by atoms with van der Waals surface area (Å²) in [6.07, 6.45) is 9.72. The first kappa shape index (κ1) is 13.4. The van der Waals surface area contributed by atoms with Gasteiger partial charge in [-0.05, 0) is 25.0 Å². The average molecular weight is 288 g/mol. The highest BCUT2D eigenvalue weighted by molar-refractivity contribution is 8.00. The van der Waals surface area contributed by atoms with Crippen LogP contribution in [0.15, 0.2) is 35.5 Å². The smallest absolute Gasteiger partial charge is 0.264 e. The lowest BCUT2D eigenvalue weighted by atomic mass is 10.0. The van der Waals surface area contributed by atoms with Crippen LogP contribution in [0.4, 0.5) is 5.69 Å². The van der Waals surface area contributed by atoms with Gasteiger partial charge in [0, 0.05) is 34.0 Å². The fourth-order valence-electron chi connectivity index (χ4n) is 2.77. The molecule has 2 aromatic rings. The van der Waals surface area contributed by atoms with Gasteiger partial charge < -0.3 is 0 Å². The van der Waals surface area contributed by atoms with E-state index in [4.69, 9.17) is 0 Å². The minimum Gasteiger partial charge on any atom is -0.264 e. The molecule has 104 valence electrons. The van der Waals surface area contributed by atoms with E-state index in [-0.39, 0.29) is 10.6 Å². The van der Waals surface area contributed by atoms with Crippen LogP contribution in [0.25, 0.3) is 10.8 Å². The summed E-state index contributed by atoms with van der Waals surface area (Å²) < 4.78 is 0. The summed E-state index contributed by atoms with van der Waals surface area (Å²) in [5.41, 5.74) is 0.140. The first-order valence-electron chi connectivity index (χ1n) is 6.93. The number of nitro groups is 1. The van der Waals surface area contributed by atoms with E-state index in [9.17, 15) is 10.1 Å². The maximum Gasteiger partial charge on any atom is 0.278 e. The van der Waals surface area contributed by atoms with Gasteiger partial charge in [-0.2, -0.15) is 0 Å². The second kappa shape index (κ2) is 5.79. The van der Waals surface area contributed by atoms with Gasteiger partial charge in [-0.15, -0.1) is 11.8 Å². The molecular formula is C15H16N2O2S. The Labute approximate surface area is 121 Å². The number of fused-ring (bicyclic) bond motifs is 1. The maximum absolute atomic E-state index is 11.1. The molecule has 1 saturated carbocycles. The van der Waals surface area contributed by atoms with Gasteiger partial charge in [-0.3, -0.25) is 15.1 Å². The monoisotopic (exact) mass is 288 g/mol. The zero-order valence-electron chi connectivity index (χ0n) is 11.1. The molecule has 20 heavy (non-hydrogen) atoms. The summed E-state index contributed by atoms with van der Waals surface area (Å²) in [5.74, 6) is 0. The number of nitro benzene ring substituents is 1. The fraction of sp³-hybridized carbons (Fsp3) is 0.400. The van der Waals surface area contributed by atoms with Crippen LogP contribution in [-0.2, 0) is 0 Å². The van der Waals surface area contributed by atoms with Crippen molar-refractivity contribution >= 4 is 28.2 Å². The van der Waals surface area contributed by atoms with Crippen LogP contribution >= 0.6 is 11.8 Å². The van der Waals surface area contributed by atoms with Crippen LogP contribution in [0.2, 0.25) is 0 Å². The van der Waals surface area contributed by atoms with Crippen LogP contribution < -0.4 is 0 Å². The molecule has 1 fully saturated rings. The van der Waals surface area contributed by atoms with Crippen molar-refractivity contribution in [1.29, 1.82) is 0 Å². The zero-order valence-corrected chi connectivity index (χ0v) is 11.9. The molecule has 0 radical (unpaired) electrons. The van der Waals surface area contributed by atoms with Crippen LogP contribution in [0.1, 0.15) is 32.1 Å². The van der Waals surface area contributed by atoms with E-state index in [1.54, 1.807) is 18.5 Å². The number of nitrogens with zero attached hydrogens (tertiary/aromatic N) is 2. The SMILES string of the molecule is O=[N+]([O-])c1ccc(SC2CCCCC2)c2ccncc12. The molecule has 5 heteroatoms. The highest BCUT2D eigenvalue weighted by atomic mass is 32.2. The van der Waals surface area contributed by atoms with E-state index in [1.807, 2.05) is 23.9 Å². The van der Waals surface area contributed by atoms with Crippen molar-refractivity contribution in [2.75, 3.05) is 0 Å². The molecular weight excluding hydrogens is 272 g/mol. The van der Waals surface area contributed by atoms with E-state index in [0.717, 1.165) is 10.3 Å². The number of benzene rings is 1. The number of hydrogen-bond acceptors (Lipinski definition) is 4. The fourth-order valence-corrected chi connectivity index (χ4v) is 4.15. The van der Waals surface area contributed by atoms with Crippen molar-refractivity contribution in [2.24, 2.45) is 0 Å². The van der Waals surface area contributed by atoms with E-state index >= 15 is 0 Å². The number of non-ortho nitro benzene ring substituents is 1. The Morgan fingerprint density at radius 1 is 1.15 bits per heavy atom. The number of pyridine rings is 1. The molecule has 4 nitrogen and oxygen atoms in total. The van der Waals surface area contributed by atoms with Crippen molar-refractivity contribution in [2.45, 2.75) is 42.2 Å². The Bertz CT molecular complexity index is 639. The molecule has 1 aliphatic rings. The standard InChI is InChI=1S/C15H16N2O2S/c18-17(19)14-6-7-15(12-8-9-16-10-13(12)14)20-11-4-2-1-3-5-11/h6-11H,1-5H2. The molecule has 1 aromatic carbocycles. The van der Waals surface area contributed by atoms with E-state index in [1.165, 1.54) is 32.1 Å². The largest absolute Gasteiger partial charge is 0.278 e. The van der Waals surface area contributed by atoms with Gasteiger partial charge in [-0.25, -0.2) is 0 Å². The third-order valence-corrected chi connectivity index (χ3v) is 5.21. The maximum atomic E-state index is 11.1. The van der Waals surface area contributed by atoms with Crippen molar-refractivity contribution < 1.29 is 4.92 Å². The quantitative estimate of drug-likeness (QED) is 0.613. The molecule has 0 spiro atoms. The third kappa shape index (κ3) is 2.63. The highest BCUT2D eigenvalue weighted by Gasteiger charge is 2.19. The summed E-state index contributed by atoms with van der Waals surface area (Å²) in [6.45, 7) is 0. The number of rotatable bonds is 3. The van der Waals surface area contributed by atoms with E-state index in [2.05, 4.69) is 4.98 Å². The topological polar surface area (TPSA) is 56.0 Å². The minimum absolute atomic E-state index is 0.140. The Kier molecular flexibility index (Phi) is 3.87. The first-order chi connectivity index (χ1) is 9.75. The van der Waals surface area contributed by atoms with Gasteiger partial charge in [0.2, 0.25) is 0 Å². The van der Waals surface area contributed by atoms with Crippen molar-refractivity contribution in [1.82, 2.24) is 4.98 Å². The van der Waals surface area contributed by atoms with E-state index < -0.39 is 0 Å². The normalized spacial score (nSPS) is 16.4. The summed E-state index contributed by atoms with van der Waals surface area (Å²) in [4.78, 5) is 15.9. The molecule has 0 saturated heterocycles. The molecule has 0 N–H and O–H groups in total. The second-order valence-corrected chi connectivity index (χ2v) is 6.48. The molecule has 0 amide bonds. The summed E-state index contributed by atoms with van der Waals surface area (Å²) in [6, 6.07) is 5.38. The molecule has 0 unspecified atom stereocenters. The van der Waals surface area contributed by atoms with Crippen LogP contribution in [0.5, 0.6) is 0 Å². The minimum atomic E-state index is -0.334. The second-order valence-electron chi connectivity index (χ2n) is 5.14. The van der Waals surface area contributed by atoms with Gasteiger partial charge >= 0.3 is 0 Å². The molecule has 1 aromatic heterocycles. The van der Waals surface area contributed by atoms with Crippen molar-refractivity contribution in [3.63, 3.8) is 0 Å². The van der Waals surface area contributed by atoms with Gasteiger partial charge in [-0.1, -0.05) is 19.3 Å². The molecule has 3 rings (SSSR count). The Balaban J connectivity index is 1.99. The average Bonchev–Trinajstić information content (AvgIpc) is 2.48. The van der Waals surface area contributed by atoms with Crippen LogP contribution in [-0.4, -0.2) is 15.2 Å². The Morgan fingerprint density at radius 3 is 2.70 bits per heavy atom. The predicted molar refractivity (Wildman–Crippen MR) is 81.1 cm³/mol. The molecule has 1 aliphatic carbocycles. The number of aromatic nitrogens is 1.